The standard InChI is InChI=1S/C22H20N2O4S/c1-26-18-9-8-15(12-19(18)27-2)17-13-29-21-20(17)22(25)24(14-23-21)10-11-28-16-6-4-3-5-7-16/h3-9,12-14H,10-11H2,1-2H3. The summed E-state index contributed by atoms with van der Waals surface area (Å²) in [4.78, 5) is 18.3. The van der Waals surface area contributed by atoms with E-state index in [2.05, 4.69) is 4.98 Å². The number of ether oxygens (including phenoxy) is 3. The number of rotatable bonds is 7. The van der Waals surface area contributed by atoms with Crippen LogP contribution in [-0.2, 0) is 6.54 Å². The fourth-order valence-corrected chi connectivity index (χ4v) is 4.03. The Morgan fingerprint density at radius 3 is 2.59 bits per heavy atom. The van der Waals surface area contributed by atoms with E-state index >= 15 is 0 Å². The van der Waals surface area contributed by atoms with Crippen molar-refractivity contribution in [1.82, 2.24) is 9.55 Å². The third-order valence-electron chi connectivity index (χ3n) is 4.60. The molecule has 2 heterocycles. The van der Waals surface area contributed by atoms with Gasteiger partial charge in [0.2, 0.25) is 0 Å². The number of para-hydroxylation sites is 1. The minimum Gasteiger partial charge on any atom is -0.493 e. The van der Waals surface area contributed by atoms with Crippen LogP contribution in [0.5, 0.6) is 17.2 Å². The Hall–Kier alpha value is -3.32. The highest BCUT2D eigenvalue weighted by molar-refractivity contribution is 7.17. The second-order valence-corrected chi connectivity index (χ2v) is 7.16. The number of nitrogens with zero attached hydrogens (tertiary/aromatic N) is 2. The zero-order valence-corrected chi connectivity index (χ0v) is 16.9. The molecule has 148 valence electrons. The molecule has 0 aliphatic carbocycles. The minimum absolute atomic E-state index is 0.0855. The molecule has 0 amide bonds. The van der Waals surface area contributed by atoms with Crippen molar-refractivity contribution in [2.45, 2.75) is 6.54 Å². The maximum atomic E-state index is 13.1. The number of hydrogen-bond acceptors (Lipinski definition) is 6. The van der Waals surface area contributed by atoms with Gasteiger partial charge in [0.05, 0.1) is 32.5 Å². The Kier molecular flexibility index (Phi) is 5.48. The zero-order chi connectivity index (χ0) is 20.2. The zero-order valence-electron chi connectivity index (χ0n) is 16.1. The Morgan fingerprint density at radius 1 is 1.03 bits per heavy atom. The lowest BCUT2D eigenvalue weighted by Crippen LogP contribution is -2.23. The molecule has 0 N–H and O–H groups in total. The summed E-state index contributed by atoms with van der Waals surface area (Å²) in [6, 6.07) is 15.2. The van der Waals surface area contributed by atoms with E-state index in [9.17, 15) is 4.79 Å². The van der Waals surface area contributed by atoms with E-state index in [4.69, 9.17) is 14.2 Å². The summed E-state index contributed by atoms with van der Waals surface area (Å²) in [5.41, 5.74) is 1.63. The van der Waals surface area contributed by atoms with Crippen LogP contribution in [0.1, 0.15) is 0 Å². The van der Waals surface area contributed by atoms with Gasteiger partial charge >= 0.3 is 0 Å². The summed E-state index contributed by atoms with van der Waals surface area (Å²) in [5.74, 6) is 2.03. The third kappa shape index (κ3) is 3.82. The van der Waals surface area contributed by atoms with E-state index in [1.807, 2.05) is 53.9 Å². The molecule has 0 spiro atoms. The first-order chi connectivity index (χ1) is 14.2. The fraction of sp³-hybridized carbons (Fsp3) is 0.182. The Morgan fingerprint density at radius 2 is 1.83 bits per heavy atom. The first kappa shape index (κ1) is 19.0. The van der Waals surface area contributed by atoms with Crippen LogP contribution in [0, 0.1) is 0 Å². The second-order valence-electron chi connectivity index (χ2n) is 6.30. The van der Waals surface area contributed by atoms with Gasteiger partial charge in [0.25, 0.3) is 5.56 Å². The SMILES string of the molecule is COc1ccc(-c2csc3ncn(CCOc4ccccc4)c(=O)c23)cc1OC. The third-order valence-corrected chi connectivity index (χ3v) is 5.49. The van der Waals surface area contributed by atoms with Gasteiger partial charge in [-0.05, 0) is 29.8 Å². The highest BCUT2D eigenvalue weighted by Crippen LogP contribution is 2.36. The highest BCUT2D eigenvalue weighted by atomic mass is 32.1. The average Bonchev–Trinajstić information content (AvgIpc) is 3.20. The lowest BCUT2D eigenvalue weighted by Gasteiger charge is -2.10. The van der Waals surface area contributed by atoms with Gasteiger partial charge in [-0.1, -0.05) is 24.3 Å². The lowest BCUT2D eigenvalue weighted by atomic mass is 10.1. The first-order valence-electron chi connectivity index (χ1n) is 9.08. The molecule has 4 aromatic rings. The molecule has 0 unspecified atom stereocenters. The summed E-state index contributed by atoms with van der Waals surface area (Å²) < 4.78 is 18.0. The van der Waals surface area contributed by atoms with E-state index in [1.54, 1.807) is 25.1 Å². The molecule has 0 fully saturated rings. The fourth-order valence-electron chi connectivity index (χ4n) is 3.12. The van der Waals surface area contributed by atoms with Crippen molar-refractivity contribution in [3.05, 3.63) is 70.6 Å². The minimum atomic E-state index is -0.0855. The Labute approximate surface area is 171 Å². The van der Waals surface area contributed by atoms with Crippen LogP contribution >= 0.6 is 11.3 Å². The van der Waals surface area contributed by atoms with Crippen LogP contribution in [0.25, 0.3) is 21.3 Å². The van der Waals surface area contributed by atoms with Gasteiger partial charge in [0.15, 0.2) is 11.5 Å². The van der Waals surface area contributed by atoms with Crippen LogP contribution in [0.2, 0.25) is 0 Å². The van der Waals surface area contributed by atoms with Gasteiger partial charge in [-0.2, -0.15) is 0 Å². The van der Waals surface area contributed by atoms with E-state index in [0.29, 0.717) is 34.9 Å². The van der Waals surface area contributed by atoms with Crippen molar-refractivity contribution in [2.75, 3.05) is 20.8 Å². The van der Waals surface area contributed by atoms with Gasteiger partial charge in [-0.25, -0.2) is 4.98 Å². The summed E-state index contributed by atoms with van der Waals surface area (Å²) in [6.07, 6.45) is 1.58. The van der Waals surface area contributed by atoms with Crippen molar-refractivity contribution in [1.29, 1.82) is 0 Å². The summed E-state index contributed by atoms with van der Waals surface area (Å²) >= 11 is 1.45. The molecule has 7 heteroatoms. The number of aromatic nitrogens is 2. The molecule has 29 heavy (non-hydrogen) atoms. The van der Waals surface area contributed by atoms with Gasteiger partial charge < -0.3 is 14.2 Å². The molecule has 0 bridgehead atoms. The molecular formula is C22H20N2O4S. The number of benzene rings is 2. The molecule has 4 rings (SSSR count). The normalized spacial score (nSPS) is 10.8. The molecule has 6 nitrogen and oxygen atoms in total. The quantitative estimate of drug-likeness (QED) is 0.458. The molecule has 2 aromatic carbocycles. The highest BCUT2D eigenvalue weighted by Gasteiger charge is 2.15. The average molecular weight is 408 g/mol. The monoisotopic (exact) mass is 408 g/mol. The van der Waals surface area contributed by atoms with E-state index in [0.717, 1.165) is 16.9 Å². The van der Waals surface area contributed by atoms with Gasteiger partial charge in [0.1, 0.15) is 17.2 Å². The molecule has 0 atom stereocenters. The molecule has 0 aliphatic heterocycles. The van der Waals surface area contributed by atoms with Crippen LogP contribution in [0.3, 0.4) is 0 Å². The summed E-state index contributed by atoms with van der Waals surface area (Å²) in [6.45, 7) is 0.796. The van der Waals surface area contributed by atoms with Crippen LogP contribution in [-0.4, -0.2) is 30.4 Å². The summed E-state index contributed by atoms with van der Waals surface area (Å²) in [5, 5.41) is 2.55. The van der Waals surface area contributed by atoms with E-state index in [-0.39, 0.29) is 5.56 Å². The van der Waals surface area contributed by atoms with Gasteiger partial charge in [-0.15, -0.1) is 11.3 Å². The van der Waals surface area contributed by atoms with Crippen LogP contribution < -0.4 is 19.8 Å². The predicted octanol–water partition coefficient (Wildman–Crippen LogP) is 4.22. The van der Waals surface area contributed by atoms with Gasteiger partial charge in [-0.3, -0.25) is 9.36 Å². The largest absolute Gasteiger partial charge is 0.493 e. The smallest absolute Gasteiger partial charge is 0.262 e. The maximum Gasteiger partial charge on any atom is 0.262 e. The Balaban J connectivity index is 1.65. The number of hydrogen-bond donors (Lipinski definition) is 0. The molecule has 2 aromatic heterocycles. The molecule has 0 saturated carbocycles. The first-order valence-corrected chi connectivity index (χ1v) is 9.96. The van der Waals surface area contributed by atoms with Crippen molar-refractivity contribution in [2.24, 2.45) is 0 Å². The number of methoxy groups -OCH3 is 2. The second kappa shape index (κ2) is 8.36. The topological polar surface area (TPSA) is 62.6 Å². The Bertz CT molecular complexity index is 1180. The van der Waals surface area contributed by atoms with E-state index in [1.165, 1.54) is 11.3 Å². The van der Waals surface area contributed by atoms with Crippen LogP contribution in [0.4, 0.5) is 0 Å². The van der Waals surface area contributed by atoms with Crippen molar-refractivity contribution < 1.29 is 14.2 Å². The van der Waals surface area contributed by atoms with E-state index < -0.39 is 0 Å². The maximum absolute atomic E-state index is 13.1. The molecule has 0 radical (unpaired) electrons. The van der Waals surface area contributed by atoms with Crippen molar-refractivity contribution >= 4 is 21.6 Å². The van der Waals surface area contributed by atoms with Crippen molar-refractivity contribution in [3.63, 3.8) is 0 Å². The van der Waals surface area contributed by atoms with Crippen LogP contribution in [0.15, 0.2) is 65.0 Å². The van der Waals surface area contributed by atoms with Gasteiger partial charge in [0, 0.05) is 10.9 Å². The summed E-state index contributed by atoms with van der Waals surface area (Å²) in [7, 11) is 3.19. The number of fused-ring (bicyclic) bond motifs is 1. The molecule has 0 aliphatic rings. The van der Waals surface area contributed by atoms with Crippen molar-refractivity contribution in [3.8, 4) is 28.4 Å². The lowest BCUT2D eigenvalue weighted by molar-refractivity contribution is 0.296. The predicted molar refractivity (Wildman–Crippen MR) is 114 cm³/mol. The molecule has 0 saturated heterocycles. The number of thiophene rings is 1. The molecular weight excluding hydrogens is 388 g/mol.